The summed E-state index contributed by atoms with van der Waals surface area (Å²) in [5, 5.41) is 6.13. The molecule has 0 saturated heterocycles. The Morgan fingerprint density at radius 3 is 3.19 bits per heavy atom. The Labute approximate surface area is 159 Å². The minimum absolute atomic E-state index is 0.273. The molecule has 3 aromatic heterocycles. The maximum atomic E-state index is 12.8. The fourth-order valence-electron chi connectivity index (χ4n) is 3.45. The van der Waals surface area contributed by atoms with E-state index in [4.69, 9.17) is 0 Å². The maximum absolute atomic E-state index is 12.8. The summed E-state index contributed by atoms with van der Waals surface area (Å²) in [4.78, 5) is 25.1. The molecule has 134 valence electrons. The normalized spacial score (nSPS) is 14.4. The van der Waals surface area contributed by atoms with E-state index in [1.54, 1.807) is 12.4 Å². The van der Waals surface area contributed by atoms with Crippen molar-refractivity contribution in [3.63, 3.8) is 0 Å². The molecule has 0 aliphatic carbocycles. The van der Waals surface area contributed by atoms with Crippen LogP contribution in [0.3, 0.4) is 0 Å². The lowest BCUT2D eigenvalue weighted by molar-refractivity contribution is 0.0999. The van der Waals surface area contributed by atoms with E-state index in [-0.39, 0.29) is 5.91 Å². The Bertz CT molecular complexity index is 1220. The van der Waals surface area contributed by atoms with E-state index in [9.17, 15) is 4.79 Å². The summed E-state index contributed by atoms with van der Waals surface area (Å²) in [5.74, 6) is -0.273. The Kier molecular flexibility index (Phi) is 3.95. The summed E-state index contributed by atoms with van der Waals surface area (Å²) in [6.45, 7) is 1.90. The average Bonchev–Trinajstić information content (AvgIpc) is 3.34. The highest BCUT2D eigenvalue weighted by Crippen LogP contribution is 2.19. The number of aromatic amines is 1. The van der Waals surface area contributed by atoms with Crippen LogP contribution in [0.5, 0.6) is 0 Å². The third-order valence-corrected chi connectivity index (χ3v) is 5.58. The number of nitrogens with one attached hydrogen (secondary N) is 2. The minimum Gasteiger partial charge on any atom is -0.345 e. The molecule has 6 nitrogen and oxygen atoms in total. The number of carbonyl (C=O) groups is 1. The molecule has 1 amide bonds. The van der Waals surface area contributed by atoms with Gasteiger partial charge in [0.25, 0.3) is 5.91 Å². The molecule has 27 heavy (non-hydrogen) atoms. The van der Waals surface area contributed by atoms with E-state index in [1.807, 2.05) is 28.3 Å². The quantitative estimate of drug-likeness (QED) is 0.566. The number of hydrogen-bond acceptors (Lipinski definition) is 4. The number of aromatic nitrogens is 3. The summed E-state index contributed by atoms with van der Waals surface area (Å²) < 4.78 is 1.96. The molecule has 5 rings (SSSR count). The first-order valence-electron chi connectivity index (χ1n) is 8.80. The van der Waals surface area contributed by atoms with Crippen molar-refractivity contribution in [1.29, 1.82) is 0 Å². The van der Waals surface area contributed by atoms with E-state index in [0.717, 1.165) is 30.6 Å². The lowest BCUT2D eigenvalue weighted by Gasteiger charge is -2.18. The lowest BCUT2D eigenvalue weighted by Crippen LogP contribution is -2.24. The van der Waals surface area contributed by atoms with Gasteiger partial charge in [-0.25, -0.2) is 4.98 Å². The van der Waals surface area contributed by atoms with Crippen LogP contribution in [0.1, 0.15) is 21.5 Å². The van der Waals surface area contributed by atoms with Gasteiger partial charge in [0.2, 0.25) is 0 Å². The van der Waals surface area contributed by atoms with Gasteiger partial charge in [-0.15, -0.1) is 11.3 Å². The molecular weight excluding hydrogens is 358 g/mol. The van der Waals surface area contributed by atoms with Gasteiger partial charge in [-0.1, -0.05) is 6.07 Å². The summed E-state index contributed by atoms with van der Waals surface area (Å²) in [5.41, 5.74) is 4.93. The van der Waals surface area contributed by atoms with Gasteiger partial charge in [0.15, 0.2) is 4.80 Å². The molecule has 1 aliphatic rings. The third kappa shape index (κ3) is 2.90. The van der Waals surface area contributed by atoms with Crippen molar-refractivity contribution >= 4 is 28.3 Å². The second-order valence-corrected chi connectivity index (χ2v) is 7.33. The van der Waals surface area contributed by atoms with Crippen molar-refractivity contribution < 1.29 is 4.79 Å². The summed E-state index contributed by atoms with van der Waals surface area (Å²) in [7, 11) is 0. The molecule has 0 radical (unpaired) electrons. The van der Waals surface area contributed by atoms with Gasteiger partial charge in [-0.3, -0.25) is 9.36 Å². The van der Waals surface area contributed by atoms with Crippen LogP contribution >= 0.6 is 11.3 Å². The number of fused-ring (bicyclic) bond motifs is 2. The second kappa shape index (κ2) is 6.61. The SMILES string of the molecule is O=C(N=c1sccn1-c1ccc2c(c1)CNCC2)c1c[nH]c2ncccc12. The molecular formula is C20H17N5OS. The molecule has 7 heteroatoms. The molecule has 0 fully saturated rings. The van der Waals surface area contributed by atoms with Crippen LogP contribution in [0.15, 0.2) is 59.3 Å². The number of thiazole rings is 1. The van der Waals surface area contributed by atoms with Crippen molar-refractivity contribution in [3.8, 4) is 5.69 Å². The highest BCUT2D eigenvalue weighted by atomic mass is 32.1. The summed E-state index contributed by atoms with van der Waals surface area (Å²) >= 11 is 1.45. The highest BCUT2D eigenvalue weighted by molar-refractivity contribution is 7.07. The van der Waals surface area contributed by atoms with Crippen LogP contribution in [0.2, 0.25) is 0 Å². The minimum atomic E-state index is -0.273. The van der Waals surface area contributed by atoms with Crippen molar-refractivity contribution in [2.75, 3.05) is 6.54 Å². The number of pyridine rings is 1. The largest absolute Gasteiger partial charge is 0.345 e. The molecule has 2 N–H and O–H groups in total. The lowest BCUT2D eigenvalue weighted by atomic mass is 10.0. The Balaban J connectivity index is 1.56. The maximum Gasteiger partial charge on any atom is 0.281 e. The predicted molar refractivity (Wildman–Crippen MR) is 105 cm³/mol. The van der Waals surface area contributed by atoms with Gasteiger partial charge >= 0.3 is 0 Å². The number of amides is 1. The number of nitrogens with zero attached hydrogens (tertiary/aromatic N) is 3. The van der Waals surface area contributed by atoms with Gasteiger partial charge in [0, 0.05) is 41.6 Å². The second-order valence-electron chi connectivity index (χ2n) is 6.45. The zero-order valence-corrected chi connectivity index (χ0v) is 15.3. The smallest absolute Gasteiger partial charge is 0.281 e. The zero-order chi connectivity index (χ0) is 18.2. The number of benzene rings is 1. The van der Waals surface area contributed by atoms with Crippen LogP contribution in [-0.4, -0.2) is 27.0 Å². The van der Waals surface area contributed by atoms with E-state index < -0.39 is 0 Å². The molecule has 0 spiro atoms. The van der Waals surface area contributed by atoms with Gasteiger partial charge in [0.1, 0.15) is 5.65 Å². The van der Waals surface area contributed by atoms with E-state index in [2.05, 4.69) is 38.5 Å². The first-order valence-corrected chi connectivity index (χ1v) is 9.68. The van der Waals surface area contributed by atoms with E-state index in [1.165, 1.54) is 22.5 Å². The van der Waals surface area contributed by atoms with E-state index >= 15 is 0 Å². The van der Waals surface area contributed by atoms with Crippen molar-refractivity contribution in [2.45, 2.75) is 13.0 Å². The summed E-state index contributed by atoms with van der Waals surface area (Å²) in [6, 6.07) is 10.1. The molecule has 4 heterocycles. The van der Waals surface area contributed by atoms with Gasteiger partial charge in [-0.2, -0.15) is 4.99 Å². The predicted octanol–water partition coefficient (Wildman–Crippen LogP) is 2.80. The molecule has 4 aromatic rings. The van der Waals surface area contributed by atoms with Crippen molar-refractivity contribution in [1.82, 2.24) is 19.9 Å². The average molecular weight is 375 g/mol. The molecule has 0 bridgehead atoms. The first kappa shape index (κ1) is 16.2. The third-order valence-electron chi connectivity index (χ3n) is 4.82. The Hall–Kier alpha value is -3.03. The van der Waals surface area contributed by atoms with Crippen LogP contribution in [-0.2, 0) is 13.0 Å². The topological polar surface area (TPSA) is 75.1 Å². The highest BCUT2D eigenvalue weighted by Gasteiger charge is 2.13. The van der Waals surface area contributed by atoms with Crippen LogP contribution in [0.25, 0.3) is 16.7 Å². The number of carbonyl (C=O) groups excluding carboxylic acids is 1. The van der Waals surface area contributed by atoms with Crippen LogP contribution in [0, 0.1) is 0 Å². The number of hydrogen-bond donors (Lipinski definition) is 2. The Morgan fingerprint density at radius 2 is 2.22 bits per heavy atom. The monoisotopic (exact) mass is 375 g/mol. The zero-order valence-electron chi connectivity index (χ0n) is 14.5. The Morgan fingerprint density at radius 1 is 1.26 bits per heavy atom. The van der Waals surface area contributed by atoms with Gasteiger partial charge in [-0.05, 0) is 48.4 Å². The van der Waals surface area contributed by atoms with Crippen molar-refractivity contribution in [3.05, 3.63) is 75.8 Å². The first-order chi connectivity index (χ1) is 13.3. The number of rotatable bonds is 2. The number of H-pyrrole nitrogens is 1. The fraction of sp³-hybridized carbons (Fsp3) is 0.150. The molecule has 0 saturated carbocycles. The van der Waals surface area contributed by atoms with Gasteiger partial charge < -0.3 is 10.3 Å². The molecule has 0 unspecified atom stereocenters. The van der Waals surface area contributed by atoms with Crippen LogP contribution in [0.4, 0.5) is 0 Å². The standard InChI is InChI=1S/C20H17N5OS/c26-19(17-12-23-18-16(17)2-1-6-22-18)24-20-25(8-9-27-20)15-4-3-13-5-7-21-11-14(13)10-15/h1-4,6,8-10,12,21H,5,7,11H2,(H,22,23). The van der Waals surface area contributed by atoms with Crippen LogP contribution < -0.4 is 10.1 Å². The fourth-order valence-corrected chi connectivity index (χ4v) is 4.17. The van der Waals surface area contributed by atoms with E-state index in [0.29, 0.717) is 16.0 Å². The summed E-state index contributed by atoms with van der Waals surface area (Å²) in [6.07, 6.45) is 6.37. The molecule has 1 aromatic carbocycles. The van der Waals surface area contributed by atoms with Gasteiger partial charge in [0.05, 0.1) is 5.56 Å². The molecule has 1 aliphatic heterocycles. The van der Waals surface area contributed by atoms with Crippen molar-refractivity contribution in [2.24, 2.45) is 4.99 Å². The molecule has 0 atom stereocenters.